The third-order valence-corrected chi connectivity index (χ3v) is 8.30. The minimum atomic E-state index is -0.539. The zero-order valence-electron chi connectivity index (χ0n) is 25.0. The zero-order chi connectivity index (χ0) is 28.3. The molecule has 3 rings (SSSR count). The molecule has 3 aromatic rings. The molecule has 0 aliphatic carbocycles. The second kappa shape index (κ2) is 15.3. The Kier molecular flexibility index (Phi) is 12.2. The van der Waals surface area contributed by atoms with Crippen LogP contribution in [0, 0.1) is 5.41 Å². The molecule has 0 saturated carbocycles. The van der Waals surface area contributed by atoms with Crippen LogP contribution in [-0.2, 0) is 22.0 Å². The van der Waals surface area contributed by atoms with Crippen LogP contribution in [0.15, 0.2) is 54.6 Å². The summed E-state index contributed by atoms with van der Waals surface area (Å²) in [5.41, 5.74) is 5.47. The molecule has 211 valence electrons. The Morgan fingerprint density at radius 3 is 2.33 bits per heavy atom. The van der Waals surface area contributed by atoms with E-state index in [2.05, 4.69) is 70.3 Å². The first-order valence-corrected chi connectivity index (χ1v) is 17.1. The van der Waals surface area contributed by atoms with Crippen molar-refractivity contribution in [2.45, 2.75) is 97.6 Å². The molecule has 0 bridgehead atoms. The summed E-state index contributed by atoms with van der Waals surface area (Å²) < 4.78 is 10.6. The molecule has 1 radical (unpaired) electrons. The number of ether oxygens (including phenoxy) is 1. The van der Waals surface area contributed by atoms with Gasteiger partial charge in [-0.2, -0.15) is 0 Å². The molecule has 0 fully saturated rings. The van der Waals surface area contributed by atoms with Gasteiger partial charge in [0, 0.05) is 17.7 Å². The van der Waals surface area contributed by atoms with E-state index in [0.29, 0.717) is 11.5 Å². The summed E-state index contributed by atoms with van der Waals surface area (Å²) in [7, 11) is 0.878. The third-order valence-electron chi connectivity index (χ3n) is 7.52. The Bertz CT molecular complexity index is 1180. The van der Waals surface area contributed by atoms with E-state index in [4.69, 9.17) is 14.1 Å². The van der Waals surface area contributed by atoms with Gasteiger partial charge < -0.3 is 9.16 Å². The number of esters is 1. The van der Waals surface area contributed by atoms with Gasteiger partial charge in [-0.05, 0) is 85.5 Å². The summed E-state index contributed by atoms with van der Waals surface area (Å²) in [6, 6.07) is 18.9. The van der Waals surface area contributed by atoms with Crippen molar-refractivity contribution in [3.63, 3.8) is 0 Å². The van der Waals surface area contributed by atoms with Crippen molar-refractivity contribution in [3.05, 3.63) is 77.0 Å². The maximum absolute atomic E-state index is 11.9. The average molecular weight is 547 g/mol. The Hall–Kier alpha value is -2.50. The van der Waals surface area contributed by atoms with Crippen LogP contribution in [0.2, 0.25) is 13.1 Å². The van der Waals surface area contributed by atoms with E-state index in [1.165, 1.54) is 63.0 Å². The smallest absolute Gasteiger partial charge is 0.337 e. The Morgan fingerprint density at radius 1 is 0.897 bits per heavy atom. The monoisotopic (exact) mass is 546 g/mol. The highest BCUT2D eigenvalue weighted by Crippen LogP contribution is 2.40. The molecule has 0 aliphatic heterocycles. The van der Waals surface area contributed by atoms with Gasteiger partial charge in [-0.25, -0.2) is 4.79 Å². The van der Waals surface area contributed by atoms with Crippen LogP contribution in [0.4, 0.5) is 0 Å². The van der Waals surface area contributed by atoms with Gasteiger partial charge in [0.25, 0.3) is 0 Å². The summed E-state index contributed by atoms with van der Waals surface area (Å²) in [5, 5.41) is 1.19. The van der Waals surface area contributed by atoms with Crippen molar-refractivity contribution in [3.8, 4) is 0 Å². The minimum Gasteiger partial charge on any atom is -0.465 e. The molecule has 1 aromatic heterocycles. The predicted octanol–water partition coefficient (Wildman–Crippen LogP) is 8.93. The maximum atomic E-state index is 11.9. The Morgan fingerprint density at radius 2 is 1.62 bits per heavy atom. The summed E-state index contributed by atoms with van der Waals surface area (Å²) in [4.78, 5) is 16.9. The number of hydrogen-bond acceptors (Lipinski definition) is 4. The van der Waals surface area contributed by atoms with E-state index in [0.717, 1.165) is 36.2 Å². The molecule has 39 heavy (non-hydrogen) atoms. The van der Waals surface area contributed by atoms with Gasteiger partial charge in [-0.1, -0.05) is 83.2 Å². The SMILES string of the molecule is COC(=O)c1cccc(CCc2ccc3ccc(C(CCCCCCCCO[Si](C)C)C(C)(C)C)cc3n2)c1. The highest BCUT2D eigenvalue weighted by molar-refractivity contribution is 6.48. The van der Waals surface area contributed by atoms with Crippen molar-refractivity contribution in [2.75, 3.05) is 13.7 Å². The summed E-state index contributed by atoms with van der Waals surface area (Å²) >= 11 is 0. The number of carbonyl (C=O) groups is 1. The number of unbranched alkanes of at least 4 members (excludes halogenated alkanes) is 5. The van der Waals surface area contributed by atoms with Gasteiger partial charge in [0.05, 0.1) is 18.2 Å². The number of carbonyl (C=O) groups excluding carboxylic acids is 1. The molecule has 0 saturated heterocycles. The number of fused-ring (bicyclic) bond motifs is 1. The normalized spacial score (nSPS) is 12.7. The Labute approximate surface area is 238 Å². The fourth-order valence-corrected chi connectivity index (χ4v) is 5.86. The van der Waals surface area contributed by atoms with Gasteiger partial charge >= 0.3 is 5.97 Å². The second-order valence-corrected chi connectivity index (χ2v) is 14.1. The number of nitrogens with zero attached hydrogens (tertiary/aromatic N) is 1. The summed E-state index contributed by atoms with van der Waals surface area (Å²) in [6.07, 6.45) is 10.6. The fourth-order valence-electron chi connectivity index (χ4n) is 5.31. The molecular formula is C34H48NO3Si. The molecule has 1 unspecified atom stereocenters. The first kappa shape index (κ1) is 31.0. The van der Waals surface area contributed by atoms with Gasteiger partial charge in [0.1, 0.15) is 0 Å². The maximum Gasteiger partial charge on any atom is 0.337 e. The molecule has 0 aliphatic rings. The summed E-state index contributed by atoms with van der Waals surface area (Å²) in [5.74, 6) is 0.214. The highest BCUT2D eigenvalue weighted by Gasteiger charge is 2.26. The lowest BCUT2D eigenvalue weighted by Crippen LogP contribution is -2.18. The molecule has 1 heterocycles. The van der Waals surface area contributed by atoms with Crippen molar-refractivity contribution >= 4 is 25.9 Å². The van der Waals surface area contributed by atoms with E-state index in [1.54, 1.807) is 6.07 Å². The van der Waals surface area contributed by atoms with E-state index in [9.17, 15) is 4.79 Å². The lowest BCUT2D eigenvalue weighted by molar-refractivity contribution is 0.0600. The first-order chi connectivity index (χ1) is 18.7. The van der Waals surface area contributed by atoms with Gasteiger partial charge in [0.2, 0.25) is 9.04 Å². The van der Waals surface area contributed by atoms with Crippen molar-refractivity contribution < 1.29 is 14.0 Å². The molecule has 5 heteroatoms. The van der Waals surface area contributed by atoms with Crippen LogP contribution in [0.1, 0.15) is 98.8 Å². The fraction of sp³-hybridized carbons (Fsp3) is 0.529. The second-order valence-electron chi connectivity index (χ2n) is 12.0. The van der Waals surface area contributed by atoms with E-state index in [-0.39, 0.29) is 11.4 Å². The largest absolute Gasteiger partial charge is 0.465 e. The molecule has 4 nitrogen and oxygen atoms in total. The summed E-state index contributed by atoms with van der Waals surface area (Å²) in [6.45, 7) is 12.4. The molecule has 1 atom stereocenters. The van der Waals surface area contributed by atoms with Crippen LogP contribution in [-0.4, -0.2) is 33.7 Å². The van der Waals surface area contributed by atoms with Gasteiger partial charge in [0.15, 0.2) is 0 Å². The van der Waals surface area contributed by atoms with Crippen LogP contribution in [0.25, 0.3) is 10.9 Å². The van der Waals surface area contributed by atoms with E-state index < -0.39 is 9.04 Å². The van der Waals surface area contributed by atoms with Crippen LogP contribution in [0.3, 0.4) is 0 Å². The number of aromatic nitrogens is 1. The zero-order valence-corrected chi connectivity index (χ0v) is 26.0. The van der Waals surface area contributed by atoms with Crippen LogP contribution >= 0.6 is 0 Å². The number of benzene rings is 2. The third kappa shape index (κ3) is 10.2. The highest BCUT2D eigenvalue weighted by atomic mass is 28.3. The van der Waals surface area contributed by atoms with E-state index in [1.807, 2.05) is 12.1 Å². The van der Waals surface area contributed by atoms with Crippen molar-refractivity contribution in [1.82, 2.24) is 4.98 Å². The van der Waals surface area contributed by atoms with Crippen molar-refractivity contribution in [2.24, 2.45) is 5.41 Å². The topological polar surface area (TPSA) is 48.4 Å². The van der Waals surface area contributed by atoms with Crippen LogP contribution < -0.4 is 0 Å². The standard InChI is InChI=1S/C34H48NO3Si/c1-34(2,3)31(16-11-9-7-8-10-12-23-38-39(5)6)28-19-18-27-20-22-30(35-32(27)25-28)21-17-26-14-13-15-29(24-26)33(36)37-4/h13-15,18-20,22,24-25,31H,7-12,16-17,21,23H2,1-6H3. The van der Waals surface area contributed by atoms with Crippen LogP contribution in [0.5, 0.6) is 0 Å². The molecule has 0 N–H and O–H groups in total. The number of aryl methyl sites for hydroxylation is 2. The van der Waals surface area contributed by atoms with Gasteiger partial charge in [-0.15, -0.1) is 0 Å². The molecular weight excluding hydrogens is 498 g/mol. The minimum absolute atomic E-state index is 0.201. The first-order valence-electron chi connectivity index (χ1n) is 14.7. The number of rotatable bonds is 15. The molecule has 0 amide bonds. The predicted molar refractivity (Wildman–Crippen MR) is 165 cm³/mol. The quantitative estimate of drug-likeness (QED) is 0.108. The Balaban J connectivity index is 1.59. The molecule has 0 spiro atoms. The lowest BCUT2D eigenvalue weighted by Gasteiger charge is -2.31. The van der Waals surface area contributed by atoms with E-state index >= 15 is 0 Å². The molecule has 2 aromatic carbocycles. The number of methoxy groups -OCH3 is 1. The van der Waals surface area contributed by atoms with Crippen molar-refractivity contribution in [1.29, 1.82) is 0 Å². The lowest BCUT2D eigenvalue weighted by atomic mass is 9.73. The number of pyridine rings is 1. The van der Waals surface area contributed by atoms with Gasteiger partial charge in [-0.3, -0.25) is 4.98 Å². The number of hydrogen-bond donors (Lipinski definition) is 0. The average Bonchev–Trinajstić information content (AvgIpc) is 2.91.